The zero-order valence-corrected chi connectivity index (χ0v) is 12.4. The molecular formula is C15H17N5O2. The van der Waals surface area contributed by atoms with E-state index < -0.39 is 5.97 Å². The van der Waals surface area contributed by atoms with Gasteiger partial charge >= 0.3 is 5.97 Å². The Morgan fingerprint density at radius 2 is 2.14 bits per heavy atom. The summed E-state index contributed by atoms with van der Waals surface area (Å²) in [6.45, 7) is 4.71. The molecule has 0 bridgehead atoms. The van der Waals surface area contributed by atoms with Crippen molar-refractivity contribution >= 4 is 11.8 Å². The maximum atomic E-state index is 10.8. The molecule has 1 aliphatic heterocycles. The number of aromatic carboxylic acids is 1. The number of carbonyl (C=O) groups is 1. The highest BCUT2D eigenvalue weighted by Gasteiger charge is 2.52. The first-order valence-corrected chi connectivity index (χ1v) is 7.40. The van der Waals surface area contributed by atoms with Crippen molar-refractivity contribution in [3.05, 3.63) is 35.3 Å². The second-order valence-electron chi connectivity index (χ2n) is 6.38. The fourth-order valence-corrected chi connectivity index (χ4v) is 2.99. The number of anilines is 1. The fourth-order valence-electron chi connectivity index (χ4n) is 2.99. The van der Waals surface area contributed by atoms with Gasteiger partial charge in [0.25, 0.3) is 0 Å². The number of aromatic nitrogens is 4. The minimum Gasteiger partial charge on any atom is -0.476 e. The number of hydrogen-bond acceptors (Lipinski definition) is 5. The lowest BCUT2D eigenvalue weighted by Gasteiger charge is -2.41. The Bertz CT molecular complexity index is 742. The number of carboxylic acid groups (broad SMARTS) is 1. The van der Waals surface area contributed by atoms with Crippen LogP contribution in [0.5, 0.6) is 0 Å². The number of nitrogens with zero attached hydrogens (tertiary/aromatic N) is 5. The minimum absolute atomic E-state index is 0.0439. The molecule has 7 nitrogen and oxygen atoms in total. The highest BCUT2D eigenvalue weighted by molar-refractivity contribution is 5.84. The highest BCUT2D eigenvalue weighted by Crippen LogP contribution is 2.53. The van der Waals surface area contributed by atoms with E-state index in [-0.39, 0.29) is 5.69 Å². The quantitative estimate of drug-likeness (QED) is 0.917. The van der Waals surface area contributed by atoms with Gasteiger partial charge in [-0.1, -0.05) is 11.3 Å². The van der Waals surface area contributed by atoms with Gasteiger partial charge in [-0.15, -0.1) is 5.10 Å². The Balaban J connectivity index is 1.48. The molecule has 4 rings (SSSR count). The molecule has 7 heteroatoms. The van der Waals surface area contributed by atoms with Gasteiger partial charge in [-0.2, -0.15) is 0 Å². The van der Waals surface area contributed by atoms with Gasteiger partial charge in [0, 0.05) is 24.2 Å². The van der Waals surface area contributed by atoms with Crippen molar-refractivity contribution < 1.29 is 9.90 Å². The average Bonchev–Trinajstić information content (AvgIpc) is 3.11. The summed E-state index contributed by atoms with van der Waals surface area (Å²) in [6.07, 6.45) is 4.15. The Morgan fingerprint density at radius 3 is 2.73 bits per heavy atom. The monoisotopic (exact) mass is 299 g/mol. The van der Waals surface area contributed by atoms with E-state index >= 15 is 0 Å². The third-order valence-corrected chi connectivity index (χ3v) is 4.60. The van der Waals surface area contributed by atoms with Gasteiger partial charge in [0.15, 0.2) is 5.69 Å². The molecule has 2 aromatic rings. The van der Waals surface area contributed by atoms with E-state index in [0.717, 1.165) is 30.2 Å². The number of rotatable bonds is 4. The van der Waals surface area contributed by atoms with Gasteiger partial charge in [0.1, 0.15) is 5.82 Å². The second-order valence-corrected chi connectivity index (χ2v) is 6.38. The van der Waals surface area contributed by atoms with E-state index in [0.29, 0.717) is 12.0 Å². The number of pyridine rings is 1. The van der Waals surface area contributed by atoms with Crippen LogP contribution in [0.4, 0.5) is 5.82 Å². The molecule has 3 heterocycles. The molecule has 0 aromatic carbocycles. The molecule has 2 aliphatic rings. The van der Waals surface area contributed by atoms with E-state index in [9.17, 15) is 4.79 Å². The Morgan fingerprint density at radius 1 is 1.36 bits per heavy atom. The van der Waals surface area contributed by atoms with Crippen molar-refractivity contribution in [2.24, 2.45) is 5.41 Å². The summed E-state index contributed by atoms with van der Waals surface area (Å²) >= 11 is 0. The molecular weight excluding hydrogens is 282 g/mol. The summed E-state index contributed by atoms with van der Waals surface area (Å²) in [4.78, 5) is 17.8. The standard InChI is InChI=1S/C15H17N5O2/c1-10-11(6-20-7-12(14(21)22)17-18-20)2-3-13(16-10)19-8-15(9-19)4-5-15/h2-3,7H,4-6,8-9H2,1H3,(H,21,22). The molecule has 0 atom stereocenters. The van der Waals surface area contributed by atoms with Crippen LogP contribution in [0.3, 0.4) is 0 Å². The molecule has 114 valence electrons. The van der Waals surface area contributed by atoms with Crippen molar-refractivity contribution in [2.75, 3.05) is 18.0 Å². The van der Waals surface area contributed by atoms with Crippen LogP contribution in [0.25, 0.3) is 0 Å². The van der Waals surface area contributed by atoms with E-state index in [1.165, 1.54) is 23.7 Å². The van der Waals surface area contributed by atoms with E-state index in [4.69, 9.17) is 5.11 Å². The zero-order chi connectivity index (χ0) is 15.3. The summed E-state index contributed by atoms with van der Waals surface area (Å²) in [7, 11) is 0. The van der Waals surface area contributed by atoms with Gasteiger partial charge in [-0.25, -0.2) is 14.5 Å². The van der Waals surface area contributed by atoms with E-state index in [2.05, 4.69) is 20.2 Å². The molecule has 0 unspecified atom stereocenters. The maximum Gasteiger partial charge on any atom is 0.358 e. The van der Waals surface area contributed by atoms with Crippen molar-refractivity contribution in [1.29, 1.82) is 0 Å². The SMILES string of the molecule is Cc1nc(N2CC3(CC3)C2)ccc1Cn1cc(C(=O)O)nn1. The van der Waals surface area contributed by atoms with Crippen LogP contribution in [-0.2, 0) is 6.54 Å². The third kappa shape index (κ3) is 2.22. The first kappa shape index (κ1) is 13.2. The van der Waals surface area contributed by atoms with Crippen molar-refractivity contribution in [3.8, 4) is 0 Å². The van der Waals surface area contributed by atoms with Gasteiger partial charge in [-0.3, -0.25) is 0 Å². The van der Waals surface area contributed by atoms with E-state index in [1.807, 2.05) is 19.1 Å². The normalized spacial score (nSPS) is 18.3. The molecule has 2 aromatic heterocycles. The molecule has 0 radical (unpaired) electrons. The Kier molecular flexibility index (Phi) is 2.72. The first-order valence-electron chi connectivity index (χ1n) is 7.40. The molecule has 1 saturated heterocycles. The third-order valence-electron chi connectivity index (χ3n) is 4.60. The van der Waals surface area contributed by atoms with Crippen LogP contribution >= 0.6 is 0 Å². The molecule has 0 amide bonds. The molecule has 1 spiro atoms. The summed E-state index contributed by atoms with van der Waals surface area (Å²) in [5.41, 5.74) is 2.54. The van der Waals surface area contributed by atoms with Crippen LogP contribution in [-0.4, -0.2) is 44.1 Å². The van der Waals surface area contributed by atoms with Crippen LogP contribution in [0.2, 0.25) is 0 Å². The average molecular weight is 299 g/mol. The maximum absolute atomic E-state index is 10.8. The summed E-state index contributed by atoms with van der Waals surface area (Å²) in [5.74, 6) is -0.0353. The van der Waals surface area contributed by atoms with Crippen molar-refractivity contribution in [3.63, 3.8) is 0 Å². The molecule has 1 aliphatic carbocycles. The smallest absolute Gasteiger partial charge is 0.358 e. The van der Waals surface area contributed by atoms with Crippen molar-refractivity contribution in [2.45, 2.75) is 26.3 Å². The first-order chi connectivity index (χ1) is 10.5. The molecule has 22 heavy (non-hydrogen) atoms. The number of hydrogen-bond donors (Lipinski definition) is 1. The zero-order valence-electron chi connectivity index (χ0n) is 12.4. The molecule has 1 saturated carbocycles. The number of aryl methyl sites for hydroxylation is 1. The van der Waals surface area contributed by atoms with Crippen LogP contribution in [0.1, 0.15) is 34.6 Å². The Labute approximate surface area is 127 Å². The Hall–Kier alpha value is -2.44. The minimum atomic E-state index is -1.07. The molecule has 2 fully saturated rings. The number of carboxylic acids is 1. The lowest BCUT2D eigenvalue weighted by molar-refractivity contribution is 0.0690. The predicted octanol–water partition coefficient (Wildman–Crippen LogP) is 1.33. The second kappa shape index (κ2) is 4.53. The van der Waals surface area contributed by atoms with Crippen LogP contribution in [0, 0.1) is 12.3 Å². The van der Waals surface area contributed by atoms with Gasteiger partial charge < -0.3 is 10.0 Å². The van der Waals surface area contributed by atoms with Gasteiger partial charge in [0.2, 0.25) is 0 Å². The van der Waals surface area contributed by atoms with Crippen molar-refractivity contribution in [1.82, 2.24) is 20.0 Å². The van der Waals surface area contributed by atoms with Crippen LogP contribution < -0.4 is 4.90 Å². The highest BCUT2D eigenvalue weighted by atomic mass is 16.4. The summed E-state index contributed by atoms with van der Waals surface area (Å²) in [5, 5.41) is 16.3. The predicted molar refractivity (Wildman–Crippen MR) is 78.9 cm³/mol. The topological polar surface area (TPSA) is 84.1 Å². The van der Waals surface area contributed by atoms with Gasteiger partial charge in [0.05, 0.1) is 12.7 Å². The lowest BCUT2D eigenvalue weighted by atomic mass is 9.97. The fraction of sp³-hybridized carbons (Fsp3) is 0.467. The van der Waals surface area contributed by atoms with E-state index in [1.54, 1.807) is 0 Å². The molecule has 1 N–H and O–H groups in total. The lowest BCUT2D eigenvalue weighted by Crippen LogP contribution is -2.48. The summed E-state index contributed by atoms with van der Waals surface area (Å²) < 4.78 is 1.52. The largest absolute Gasteiger partial charge is 0.476 e. The summed E-state index contributed by atoms with van der Waals surface area (Å²) in [6, 6.07) is 4.07. The van der Waals surface area contributed by atoms with Gasteiger partial charge in [-0.05, 0) is 31.4 Å². The van der Waals surface area contributed by atoms with Crippen LogP contribution in [0.15, 0.2) is 18.3 Å².